The van der Waals surface area contributed by atoms with Crippen LogP contribution in [0.15, 0.2) is 224 Å². The zero-order valence-electron chi connectivity index (χ0n) is 34.2. The Bertz CT molecular complexity index is 3200. The van der Waals surface area contributed by atoms with Gasteiger partial charge in [-0.3, -0.25) is 0 Å². The van der Waals surface area contributed by atoms with Crippen LogP contribution in [-0.2, 0) is 0 Å². The predicted molar refractivity (Wildman–Crippen MR) is 257 cm³/mol. The molecule has 0 spiro atoms. The van der Waals surface area contributed by atoms with Gasteiger partial charge in [-0.15, -0.1) is 0 Å². The molecule has 0 amide bonds. The van der Waals surface area contributed by atoms with Crippen LogP contribution in [0.5, 0.6) is 0 Å². The Morgan fingerprint density at radius 3 is 1.15 bits per heavy atom. The fraction of sp³-hybridized carbons (Fsp3) is 0.0172. The van der Waals surface area contributed by atoms with E-state index in [9.17, 15) is 0 Å². The van der Waals surface area contributed by atoms with E-state index in [0.717, 1.165) is 66.8 Å². The summed E-state index contributed by atoms with van der Waals surface area (Å²) in [4.78, 5) is 15.5. The number of aryl methyl sites for hydroxylation is 1. The Hall–Kier alpha value is -8.21. The molecule has 0 bridgehead atoms. The summed E-state index contributed by atoms with van der Waals surface area (Å²) in [7, 11) is 0. The SMILES string of the molecule is Cc1ccc2c(c1)c1ccccc1n2-c1c(-c2ccc(-c3ccccc3)cc2)cc(-c2nc(-c3ccccc3)nc(-c3ccccc3)n2)cc1-c1ccc(-c2ccccc2)cc1. The number of hydrogen-bond donors (Lipinski definition) is 0. The summed E-state index contributed by atoms with van der Waals surface area (Å²) in [5.41, 5.74) is 16.3. The Morgan fingerprint density at radius 2 is 0.661 bits per heavy atom. The van der Waals surface area contributed by atoms with Gasteiger partial charge < -0.3 is 4.57 Å². The van der Waals surface area contributed by atoms with E-state index in [0.29, 0.717) is 17.5 Å². The van der Waals surface area contributed by atoms with Crippen LogP contribution in [0.4, 0.5) is 0 Å². The van der Waals surface area contributed by atoms with Gasteiger partial charge in [-0.2, -0.15) is 0 Å². The zero-order chi connectivity index (χ0) is 41.4. The lowest BCUT2D eigenvalue weighted by molar-refractivity contribution is 1.07. The molecular weight excluding hydrogens is 753 g/mol. The molecule has 0 unspecified atom stereocenters. The highest BCUT2D eigenvalue weighted by Gasteiger charge is 2.23. The minimum Gasteiger partial charge on any atom is -0.308 e. The topological polar surface area (TPSA) is 43.6 Å². The third kappa shape index (κ3) is 6.84. The molecule has 62 heavy (non-hydrogen) atoms. The Morgan fingerprint density at radius 1 is 0.290 bits per heavy atom. The van der Waals surface area contributed by atoms with Crippen molar-refractivity contribution < 1.29 is 0 Å². The summed E-state index contributed by atoms with van der Waals surface area (Å²) in [5, 5.41) is 2.43. The van der Waals surface area contributed by atoms with Crippen LogP contribution in [-0.4, -0.2) is 19.5 Å². The molecule has 0 N–H and O–H groups in total. The van der Waals surface area contributed by atoms with Gasteiger partial charge in [-0.05, 0) is 70.6 Å². The molecule has 0 aliphatic heterocycles. The molecule has 4 heteroatoms. The largest absolute Gasteiger partial charge is 0.308 e. The molecule has 0 saturated heterocycles. The Labute approximate surface area is 361 Å². The quantitative estimate of drug-likeness (QED) is 0.154. The number of benzene rings is 9. The maximum Gasteiger partial charge on any atom is 0.164 e. The highest BCUT2D eigenvalue weighted by Crippen LogP contribution is 2.44. The molecule has 2 heterocycles. The first-order valence-electron chi connectivity index (χ1n) is 21.0. The summed E-state index contributed by atoms with van der Waals surface area (Å²) in [6, 6.07) is 79.5. The summed E-state index contributed by atoms with van der Waals surface area (Å²) in [6.07, 6.45) is 0. The molecule has 292 valence electrons. The van der Waals surface area contributed by atoms with Crippen molar-refractivity contribution in [3.63, 3.8) is 0 Å². The lowest BCUT2D eigenvalue weighted by Crippen LogP contribution is -2.04. The predicted octanol–water partition coefficient (Wildman–Crippen LogP) is 14.9. The van der Waals surface area contributed by atoms with Gasteiger partial charge in [-0.1, -0.05) is 200 Å². The molecule has 0 aliphatic carbocycles. The van der Waals surface area contributed by atoms with E-state index in [1.165, 1.54) is 27.5 Å². The third-order valence-electron chi connectivity index (χ3n) is 11.7. The number of hydrogen-bond acceptors (Lipinski definition) is 3. The van der Waals surface area contributed by atoms with Gasteiger partial charge in [0.25, 0.3) is 0 Å². The van der Waals surface area contributed by atoms with Crippen LogP contribution in [0.1, 0.15) is 5.56 Å². The van der Waals surface area contributed by atoms with Crippen molar-refractivity contribution in [3.8, 4) is 84.4 Å². The zero-order valence-corrected chi connectivity index (χ0v) is 34.2. The standard InChI is InChI=1S/C58H40N4/c1-39-26-35-54-52(36-39)49-24-14-15-25-53(49)62(54)55-50(44-31-27-42(28-32-44)40-16-6-2-7-17-40)37-48(38-51(55)45-33-29-43(30-34-45)41-18-8-3-9-19-41)58-60-56(46-20-10-4-11-21-46)59-57(61-58)47-22-12-5-13-23-47/h2-38H,1H3. The number of aromatic nitrogens is 4. The van der Waals surface area contributed by atoms with E-state index in [4.69, 9.17) is 15.0 Å². The molecule has 0 atom stereocenters. The third-order valence-corrected chi connectivity index (χ3v) is 11.7. The summed E-state index contributed by atoms with van der Waals surface area (Å²) >= 11 is 0. The second-order valence-electron chi connectivity index (χ2n) is 15.7. The van der Waals surface area contributed by atoms with Crippen LogP contribution in [0.25, 0.3) is 106 Å². The molecule has 0 fully saturated rings. The average Bonchev–Trinajstić information content (AvgIpc) is 3.67. The number of nitrogens with zero attached hydrogens (tertiary/aromatic N) is 4. The number of fused-ring (bicyclic) bond motifs is 3. The smallest absolute Gasteiger partial charge is 0.164 e. The fourth-order valence-corrected chi connectivity index (χ4v) is 8.66. The maximum absolute atomic E-state index is 5.25. The Kier molecular flexibility index (Phi) is 9.36. The van der Waals surface area contributed by atoms with Gasteiger partial charge in [0.15, 0.2) is 17.5 Å². The van der Waals surface area contributed by atoms with Crippen molar-refractivity contribution in [2.45, 2.75) is 6.92 Å². The van der Waals surface area contributed by atoms with Crippen LogP contribution >= 0.6 is 0 Å². The number of rotatable bonds is 8. The molecule has 0 radical (unpaired) electrons. The first kappa shape index (κ1) is 36.8. The molecule has 2 aromatic heterocycles. The first-order chi connectivity index (χ1) is 30.6. The van der Waals surface area contributed by atoms with Crippen molar-refractivity contribution in [2.24, 2.45) is 0 Å². The summed E-state index contributed by atoms with van der Waals surface area (Å²) in [5.74, 6) is 1.85. The molecular formula is C58H40N4. The highest BCUT2D eigenvalue weighted by molar-refractivity contribution is 6.11. The summed E-state index contributed by atoms with van der Waals surface area (Å²) in [6.45, 7) is 2.17. The second-order valence-corrected chi connectivity index (χ2v) is 15.7. The highest BCUT2D eigenvalue weighted by atomic mass is 15.0. The van der Waals surface area contributed by atoms with Crippen LogP contribution < -0.4 is 0 Å². The lowest BCUT2D eigenvalue weighted by atomic mass is 9.91. The Balaban J connectivity index is 1.23. The van der Waals surface area contributed by atoms with Crippen molar-refractivity contribution in [1.29, 1.82) is 0 Å². The molecule has 0 saturated carbocycles. The van der Waals surface area contributed by atoms with Crippen molar-refractivity contribution in [1.82, 2.24) is 19.5 Å². The van der Waals surface area contributed by atoms with Crippen LogP contribution in [0.3, 0.4) is 0 Å². The maximum atomic E-state index is 5.25. The fourth-order valence-electron chi connectivity index (χ4n) is 8.66. The molecule has 11 aromatic rings. The second kappa shape index (κ2) is 15.8. The van der Waals surface area contributed by atoms with E-state index in [-0.39, 0.29) is 0 Å². The minimum atomic E-state index is 0.603. The minimum absolute atomic E-state index is 0.603. The normalized spacial score (nSPS) is 11.3. The molecule has 0 aliphatic rings. The van der Waals surface area contributed by atoms with Crippen LogP contribution in [0.2, 0.25) is 0 Å². The van der Waals surface area contributed by atoms with Gasteiger partial charge in [0.05, 0.1) is 16.7 Å². The van der Waals surface area contributed by atoms with E-state index in [1.54, 1.807) is 0 Å². The van der Waals surface area contributed by atoms with Gasteiger partial charge >= 0.3 is 0 Å². The van der Waals surface area contributed by atoms with Gasteiger partial charge in [0.2, 0.25) is 0 Å². The van der Waals surface area contributed by atoms with E-state index in [2.05, 4.69) is 200 Å². The molecule has 4 nitrogen and oxygen atoms in total. The van der Waals surface area contributed by atoms with Crippen molar-refractivity contribution >= 4 is 21.8 Å². The van der Waals surface area contributed by atoms with Crippen molar-refractivity contribution in [3.05, 3.63) is 230 Å². The average molecular weight is 793 g/mol. The lowest BCUT2D eigenvalue weighted by Gasteiger charge is -2.21. The van der Waals surface area contributed by atoms with Gasteiger partial charge in [-0.25, -0.2) is 15.0 Å². The van der Waals surface area contributed by atoms with Gasteiger partial charge in [0, 0.05) is 38.6 Å². The van der Waals surface area contributed by atoms with E-state index in [1.807, 2.05) is 36.4 Å². The first-order valence-corrected chi connectivity index (χ1v) is 21.0. The van der Waals surface area contributed by atoms with Gasteiger partial charge in [0.1, 0.15) is 0 Å². The van der Waals surface area contributed by atoms with Crippen molar-refractivity contribution in [2.75, 3.05) is 0 Å². The van der Waals surface area contributed by atoms with E-state index < -0.39 is 0 Å². The number of para-hydroxylation sites is 1. The van der Waals surface area contributed by atoms with E-state index >= 15 is 0 Å². The molecule has 9 aromatic carbocycles. The monoisotopic (exact) mass is 792 g/mol. The molecule has 11 rings (SSSR count). The van der Waals surface area contributed by atoms with Crippen LogP contribution in [0, 0.1) is 6.92 Å². The summed E-state index contributed by atoms with van der Waals surface area (Å²) < 4.78 is 2.47.